The maximum Gasteiger partial charge on any atom is 0.338 e. The van der Waals surface area contributed by atoms with Crippen LogP contribution in [0.15, 0.2) is 24.3 Å². The summed E-state index contributed by atoms with van der Waals surface area (Å²) in [4.78, 5) is 22.3. The van der Waals surface area contributed by atoms with Crippen molar-refractivity contribution in [1.82, 2.24) is 5.32 Å². The molecule has 0 aliphatic heterocycles. The van der Waals surface area contributed by atoms with Crippen LogP contribution in [-0.2, 0) is 14.2 Å². The van der Waals surface area contributed by atoms with Gasteiger partial charge in [0.05, 0.1) is 17.1 Å². The van der Waals surface area contributed by atoms with Crippen molar-refractivity contribution in [2.24, 2.45) is 0 Å². The smallest absolute Gasteiger partial charge is 0.338 e. The van der Waals surface area contributed by atoms with Crippen molar-refractivity contribution in [3.05, 3.63) is 39.9 Å². The highest BCUT2D eigenvalue weighted by Crippen LogP contribution is 2.14. The van der Waals surface area contributed by atoms with Crippen molar-refractivity contribution in [3.63, 3.8) is 0 Å². The van der Waals surface area contributed by atoms with E-state index in [0.717, 1.165) is 6.54 Å². The molecule has 23 heavy (non-hydrogen) atoms. The Morgan fingerprint density at radius 2 is 1.91 bits per heavy atom. The number of non-ortho nitro benzene ring substituents is 1. The average Bonchev–Trinajstić information content (AvgIpc) is 2.55. The van der Waals surface area contributed by atoms with Crippen molar-refractivity contribution < 1.29 is 23.9 Å². The summed E-state index contributed by atoms with van der Waals surface area (Å²) in [6.45, 7) is 3.41. The third-order valence-corrected chi connectivity index (χ3v) is 3.22. The first-order valence-electron chi connectivity index (χ1n) is 7.21. The third-order valence-electron chi connectivity index (χ3n) is 3.22. The average molecular weight is 326 g/mol. The Morgan fingerprint density at radius 1 is 1.26 bits per heavy atom. The number of nitrogens with zero attached hydrogens (tertiary/aromatic N) is 1. The maximum atomic E-state index is 12.2. The van der Waals surface area contributed by atoms with Gasteiger partial charge in [-0.25, -0.2) is 4.79 Å². The minimum absolute atomic E-state index is 0.0862. The van der Waals surface area contributed by atoms with Crippen molar-refractivity contribution in [2.45, 2.75) is 19.1 Å². The molecule has 0 fully saturated rings. The molecule has 1 rings (SSSR count). The van der Waals surface area contributed by atoms with E-state index in [4.69, 9.17) is 14.2 Å². The Bertz CT molecular complexity index is 505. The fourth-order valence-corrected chi connectivity index (χ4v) is 1.96. The van der Waals surface area contributed by atoms with E-state index < -0.39 is 17.0 Å². The molecule has 8 nitrogen and oxygen atoms in total. The zero-order valence-electron chi connectivity index (χ0n) is 13.5. The zero-order chi connectivity index (χ0) is 17.2. The Labute approximate surface area is 134 Å². The van der Waals surface area contributed by atoms with Gasteiger partial charge in [0.2, 0.25) is 0 Å². The molecule has 128 valence electrons. The number of nitro benzene ring substituents is 1. The topological polar surface area (TPSA) is 99.9 Å². The Hall–Kier alpha value is -2.03. The molecule has 0 spiro atoms. The van der Waals surface area contributed by atoms with Crippen LogP contribution in [0.1, 0.15) is 17.3 Å². The van der Waals surface area contributed by atoms with E-state index >= 15 is 0 Å². The van der Waals surface area contributed by atoms with Crippen LogP contribution in [0.4, 0.5) is 5.69 Å². The lowest BCUT2D eigenvalue weighted by Crippen LogP contribution is -2.43. The van der Waals surface area contributed by atoms with Gasteiger partial charge in [-0.3, -0.25) is 10.1 Å². The molecule has 0 aromatic heterocycles. The lowest BCUT2D eigenvalue weighted by Gasteiger charge is -2.25. The molecule has 0 saturated carbocycles. The van der Waals surface area contributed by atoms with Crippen LogP contribution < -0.4 is 5.32 Å². The van der Waals surface area contributed by atoms with Crippen LogP contribution >= 0.6 is 0 Å². The fraction of sp³-hybridized carbons (Fsp3) is 0.533. The highest BCUT2D eigenvalue weighted by atomic mass is 16.6. The number of rotatable bonds is 10. The molecule has 0 radical (unpaired) electrons. The summed E-state index contributed by atoms with van der Waals surface area (Å²) >= 11 is 0. The first-order chi connectivity index (χ1) is 11.0. The van der Waals surface area contributed by atoms with Gasteiger partial charge >= 0.3 is 5.97 Å². The number of esters is 1. The van der Waals surface area contributed by atoms with Crippen LogP contribution in [0.3, 0.4) is 0 Å². The molecule has 1 N–H and O–H groups in total. The predicted octanol–water partition coefficient (Wildman–Crippen LogP) is 1.39. The van der Waals surface area contributed by atoms with Gasteiger partial charge in [-0.15, -0.1) is 0 Å². The van der Waals surface area contributed by atoms with Gasteiger partial charge in [0.15, 0.2) is 6.10 Å². The van der Waals surface area contributed by atoms with Crippen molar-refractivity contribution in [1.29, 1.82) is 0 Å². The van der Waals surface area contributed by atoms with E-state index in [0.29, 0.717) is 6.54 Å². The molecule has 0 bridgehead atoms. The van der Waals surface area contributed by atoms with Crippen molar-refractivity contribution in [2.75, 3.05) is 33.9 Å². The van der Waals surface area contributed by atoms with Gasteiger partial charge in [-0.2, -0.15) is 0 Å². The molecule has 0 heterocycles. The number of hydrogen-bond acceptors (Lipinski definition) is 7. The minimum Gasteiger partial charge on any atom is -0.453 e. The van der Waals surface area contributed by atoms with E-state index in [2.05, 4.69) is 5.32 Å². The SMILES string of the molecule is CCNC[C@@H](OC)[C@H](COC)OC(=O)c1ccc([N+](=O)[O-])cc1. The maximum absolute atomic E-state index is 12.2. The van der Waals surface area contributed by atoms with E-state index in [1.807, 2.05) is 6.92 Å². The lowest BCUT2D eigenvalue weighted by molar-refractivity contribution is -0.384. The predicted molar refractivity (Wildman–Crippen MR) is 83.5 cm³/mol. The second-order valence-corrected chi connectivity index (χ2v) is 4.78. The molecule has 8 heteroatoms. The van der Waals surface area contributed by atoms with Gasteiger partial charge in [0, 0.05) is 32.9 Å². The highest BCUT2D eigenvalue weighted by Gasteiger charge is 2.25. The van der Waals surface area contributed by atoms with Crippen LogP contribution in [0.5, 0.6) is 0 Å². The third kappa shape index (κ3) is 5.93. The molecule has 2 atom stereocenters. The number of ether oxygens (including phenoxy) is 3. The number of likely N-dealkylation sites (N-methyl/N-ethyl adjacent to an activating group) is 1. The summed E-state index contributed by atoms with van der Waals surface area (Å²) in [6.07, 6.45) is -0.955. The Morgan fingerprint density at radius 3 is 2.39 bits per heavy atom. The summed E-state index contributed by atoms with van der Waals surface area (Å²) in [5, 5.41) is 13.7. The van der Waals surface area contributed by atoms with E-state index in [1.165, 1.54) is 38.5 Å². The molecule has 0 unspecified atom stereocenters. The summed E-state index contributed by atoms with van der Waals surface area (Å²) in [5.74, 6) is -0.583. The van der Waals surface area contributed by atoms with Gasteiger partial charge < -0.3 is 19.5 Å². The summed E-state index contributed by atoms with van der Waals surface area (Å²) in [5.41, 5.74) is 0.145. The van der Waals surface area contributed by atoms with Gasteiger partial charge in [-0.05, 0) is 18.7 Å². The van der Waals surface area contributed by atoms with Crippen LogP contribution in [0.25, 0.3) is 0 Å². The van der Waals surface area contributed by atoms with Gasteiger partial charge in [0.25, 0.3) is 5.69 Å². The van der Waals surface area contributed by atoms with Crippen molar-refractivity contribution in [3.8, 4) is 0 Å². The van der Waals surface area contributed by atoms with Crippen LogP contribution in [0.2, 0.25) is 0 Å². The largest absolute Gasteiger partial charge is 0.453 e. The number of carbonyl (C=O) groups is 1. The molecular weight excluding hydrogens is 304 g/mol. The summed E-state index contributed by atoms with van der Waals surface area (Å²) in [6, 6.07) is 5.23. The first-order valence-corrected chi connectivity index (χ1v) is 7.21. The molecule has 0 aliphatic carbocycles. The number of methoxy groups -OCH3 is 2. The fourth-order valence-electron chi connectivity index (χ4n) is 1.96. The number of benzene rings is 1. The van der Waals surface area contributed by atoms with Crippen molar-refractivity contribution >= 4 is 11.7 Å². The number of nitro groups is 1. The highest BCUT2D eigenvalue weighted by molar-refractivity contribution is 5.89. The number of carbonyl (C=O) groups excluding carboxylic acids is 1. The first kappa shape index (κ1) is 19.0. The second-order valence-electron chi connectivity index (χ2n) is 4.78. The lowest BCUT2D eigenvalue weighted by atomic mass is 10.2. The van der Waals surface area contributed by atoms with Gasteiger partial charge in [-0.1, -0.05) is 6.92 Å². The number of hydrogen-bond donors (Lipinski definition) is 1. The molecule has 0 aliphatic rings. The molecule has 0 amide bonds. The summed E-state index contributed by atoms with van der Waals surface area (Å²) in [7, 11) is 3.04. The molecule has 1 aromatic rings. The number of nitrogens with one attached hydrogen (secondary N) is 1. The zero-order valence-corrected chi connectivity index (χ0v) is 13.5. The van der Waals surface area contributed by atoms with E-state index in [9.17, 15) is 14.9 Å². The van der Waals surface area contributed by atoms with E-state index in [-0.39, 0.29) is 24.0 Å². The minimum atomic E-state index is -0.591. The van der Waals surface area contributed by atoms with Crippen LogP contribution in [-0.4, -0.2) is 57.0 Å². The Kier molecular flexibility index (Phi) is 8.17. The molecular formula is C15H22N2O6. The van der Waals surface area contributed by atoms with Gasteiger partial charge in [0.1, 0.15) is 6.10 Å². The summed E-state index contributed by atoms with van der Waals surface area (Å²) < 4.78 is 15.9. The standard InChI is InChI=1S/C15H22N2O6/c1-4-16-9-13(22-3)14(10-21-2)23-15(18)11-5-7-12(8-6-11)17(19)20/h5-8,13-14,16H,4,9-10H2,1-3H3/t13-,14+/m1/s1. The second kappa shape index (κ2) is 9.88. The molecule has 1 aromatic carbocycles. The van der Waals surface area contributed by atoms with Crippen LogP contribution in [0, 0.1) is 10.1 Å². The quantitative estimate of drug-likeness (QED) is 0.394. The normalized spacial score (nSPS) is 13.3. The Balaban J connectivity index is 2.77. The van der Waals surface area contributed by atoms with E-state index in [1.54, 1.807) is 0 Å². The monoisotopic (exact) mass is 326 g/mol. The molecule has 0 saturated heterocycles.